The highest BCUT2D eigenvalue weighted by molar-refractivity contribution is 5.35. The van der Waals surface area contributed by atoms with E-state index in [4.69, 9.17) is 0 Å². The lowest BCUT2D eigenvalue weighted by atomic mass is 9.83. The lowest BCUT2D eigenvalue weighted by molar-refractivity contribution is -0.181. The van der Waals surface area contributed by atoms with Crippen molar-refractivity contribution in [3.05, 3.63) is 29.3 Å². The Morgan fingerprint density at radius 3 is 1.71 bits per heavy atom. The summed E-state index contributed by atoms with van der Waals surface area (Å²) in [5.41, 5.74) is -3.61. The standard InChI is InChI=1S/C11H11F5O/c1-10(2,11(14,15)16)9-7(12)4-6(17-3)5-8(9)13/h4-5H,1-3H3. The summed E-state index contributed by atoms with van der Waals surface area (Å²) in [5.74, 6) is -2.71. The summed E-state index contributed by atoms with van der Waals surface area (Å²) in [6, 6.07) is 1.46. The molecule has 17 heavy (non-hydrogen) atoms. The minimum atomic E-state index is -4.75. The third-order valence-corrected chi connectivity index (χ3v) is 2.59. The van der Waals surface area contributed by atoms with E-state index < -0.39 is 28.8 Å². The number of alkyl halides is 3. The van der Waals surface area contributed by atoms with Gasteiger partial charge >= 0.3 is 6.18 Å². The molecule has 0 N–H and O–H groups in total. The SMILES string of the molecule is COc1cc(F)c(C(C)(C)C(F)(F)F)c(F)c1. The van der Waals surface area contributed by atoms with Crippen molar-refractivity contribution in [2.45, 2.75) is 25.4 Å². The maximum atomic E-state index is 13.5. The van der Waals surface area contributed by atoms with E-state index in [0.717, 1.165) is 26.0 Å². The average molecular weight is 254 g/mol. The normalized spacial score (nSPS) is 12.7. The fourth-order valence-electron chi connectivity index (χ4n) is 1.41. The molecule has 6 heteroatoms. The van der Waals surface area contributed by atoms with E-state index in [-0.39, 0.29) is 5.75 Å². The minimum Gasteiger partial charge on any atom is -0.497 e. The van der Waals surface area contributed by atoms with E-state index in [1.165, 1.54) is 7.11 Å². The first-order valence-corrected chi connectivity index (χ1v) is 4.71. The van der Waals surface area contributed by atoms with Crippen molar-refractivity contribution in [2.24, 2.45) is 0 Å². The second-order valence-electron chi connectivity index (χ2n) is 4.09. The van der Waals surface area contributed by atoms with Gasteiger partial charge in [0.15, 0.2) is 0 Å². The van der Waals surface area contributed by atoms with Crippen molar-refractivity contribution in [3.63, 3.8) is 0 Å². The zero-order valence-electron chi connectivity index (χ0n) is 9.45. The molecule has 0 fully saturated rings. The number of halogens is 5. The predicted molar refractivity (Wildman–Crippen MR) is 52.0 cm³/mol. The number of hydrogen-bond acceptors (Lipinski definition) is 1. The first kappa shape index (κ1) is 13.7. The van der Waals surface area contributed by atoms with Gasteiger partial charge in [0.2, 0.25) is 0 Å². The molecule has 0 atom stereocenters. The molecule has 0 amide bonds. The molecular formula is C11H11F5O. The molecule has 96 valence electrons. The number of rotatable bonds is 2. The first-order chi connectivity index (χ1) is 7.61. The maximum Gasteiger partial charge on any atom is 0.398 e. The van der Waals surface area contributed by atoms with Gasteiger partial charge in [-0.1, -0.05) is 0 Å². The Bertz CT molecular complexity index is 399. The van der Waals surface area contributed by atoms with Crippen LogP contribution in [-0.4, -0.2) is 13.3 Å². The highest BCUT2D eigenvalue weighted by atomic mass is 19.4. The summed E-state index contributed by atoms with van der Waals surface area (Å²) >= 11 is 0. The number of hydrogen-bond donors (Lipinski definition) is 0. The molecule has 0 heterocycles. The minimum absolute atomic E-state index is 0.165. The van der Waals surface area contributed by atoms with Crippen LogP contribution in [0.3, 0.4) is 0 Å². The van der Waals surface area contributed by atoms with E-state index >= 15 is 0 Å². The van der Waals surface area contributed by atoms with Gasteiger partial charge in [-0.05, 0) is 13.8 Å². The van der Waals surface area contributed by atoms with Gasteiger partial charge in [-0.15, -0.1) is 0 Å². The molecule has 0 aromatic heterocycles. The van der Waals surface area contributed by atoms with Gasteiger partial charge in [0, 0.05) is 17.7 Å². The summed E-state index contributed by atoms with van der Waals surface area (Å²) < 4.78 is 69.7. The van der Waals surface area contributed by atoms with Gasteiger partial charge in [-0.25, -0.2) is 8.78 Å². The molecule has 1 rings (SSSR count). The van der Waals surface area contributed by atoms with E-state index in [0.29, 0.717) is 0 Å². The number of ether oxygens (including phenoxy) is 1. The van der Waals surface area contributed by atoms with Crippen LogP contribution in [-0.2, 0) is 5.41 Å². The highest BCUT2D eigenvalue weighted by Crippen LogP contribution is 2.43. The molecule has 0 saturated carbocycles. The van der Waals surface area contributed by atoms with Crippen molar-refractivity contribution < 1.29 is 26.7 Å². The Hall–Kier alpha value is -1.33. The topological polar surface area (TPSA) is 9.23 Å². The second-order valence-corrected chi connectivity index (χ2v) is 4.09. The quantitative estimate of drug-likeness (QED) is 0.729. The molecule has 1 aromatic rings. The van der Waals surface area contributed by atoms with Crippen LogP contribution in [0.5, 0.6) is 5.75 Å². The van der Waals surface area contributed by atoms with Gasteiger partial charge in [-0.3, -0.25) is 0 Å². The van der Waals surface area contributed by atoms with Crippen molar-refractivity contribution in [1.82, 2.24) is 0 Å². The third-order valence-electron chi connectivity index (χ3n) is 2.59. The average Bonchev–Trinajstić information content (AvgIpc) is 2.14. The predicted octanol–water partition coefficient (Wildman–Crippen LogP) is 3.81. The molecule has 0 unspecified atom stereocenters. The van der Waals surface area contributed by atoms with E-state index in [1.807, 2.05) is 0 Å². The molecule has 0 bridgehead atoms. The summed E-state index contributed by atoms with van der Waals surface area (Å²) in [7, 11) is 1.17. The van der Waals surface area contributed by atoms with Gasteiger partial charge in [0.25, 0.3) is 0 Å². The van der Waals surface area contributed by atoms with Gasteiger partial charge in [-0.2, -0.15) is 13.2 Å². The van der Waals surface area contributed by atoms with Crippen molar-refractivity contribution in [2.75, 3.05) is 7.11 Å². The van der Waals surface area contributed by atoms with Crippen LogP contribution in [0.15, 0.2) is 12.1 Å². The van der Waals surface area contributed by atoms with Gasteiger partial charge in [0.1, 0.15) is 17.4 Å². The largest absolute Gasteiger partial charge is 0.497 e. The first-order valence-electron chi connectivity index (χ1n) is 4.71. The van der Waals surface area contributed by atoms with Crippen LogP contribution in [0.25, 0.3) is 0 Å². The monoisotopic (exact) mass is 254 g/mol. The van der Waals surface area contributed by atoms with Crippen LogP contribution in [0.2, 0.25) is 0 Å². The fourth-order valence-corrected chi connectivity index (χ4v) is 1.41. The van der Waals surface area contributed by atoms with Crippen LogP contribution in [0.1, 0.15) is 19.4 Å². The van der Waals surface area contributed by atoms with Crippen LogP contribution < -0.4 is 4.74 Å². The van der Waals surface area contributed by atoms with Crippen molar-refractivity contribution in [3.8, 4) is 5.75 Å². The highest BCUT2D eigenvalue weighted by Gasteiger charge is 2.51. The Kier molecular flexibility index (Phi) is 3.36. The summed E-state index contributed by atoms with van der Waals surface area (Å²) in [6.07, 6.45) is -4.75. The molecule has 0 radical (unpaired) electrons. The molecule has 0 aliphatic heterocycles. The fraction of sp³-hybridized carbons (Fsp3) is 0.455. The third kappa shape index (κ3) is 2.35. The van der Waals surface area contributed by atoms with E-state index in [9.17, 15) is 22.0 Å². The zero-order chi connectivity index (χ0) is 13.4. The van der Waals surface area contributed by atoms with Crippen LogP contribution in [0.4, 0.5) is 22.0 Å². The van der Waals surface area contributed by atoms with E-state index in [1.54, 1.807) is 0 Å². The molecule has 0 aliphatic rings. The van der Waals surface area contributed by atoms with Crippen molar-refractivity contribution in [1.29, 1.82) is 0 Å². The van der Waals surface area contributed by atoms with Gasteiger partial charge in [0.05, 0.1) is 12.5 Å². The lowest BCUT2D eigenvalue weighted by Gasteiger charge is -2.29. The molecule has 0 saturated heterocycles. The summed E-state index contributed by atoms with van der Waals surface area (Å²) in [5, 5.41) is 0. The molecule has 1 aromatic carbocycles. The maximum absolute atomic E-state index is 13.5. The Morgan fingerprint density at radius 2 is 1.41 bits per heavy atom. The van der Waals surface area contributed by atoms with Crippen LogP contribution >= 0.6 is 0 Å². The molecule has 0 aliphatic carbocycles. The molecule has 1 nitrogen and oxygen atoms in total. The Morgan fingerprint density at radius 1 is 1.00 bits per heavy atom. The molecule has 0 spiro atoms. The summed E-state index contributed by atoms with van der Waals surface area (Å²) in [6.45, 7) is 1.45. The second kappa shape index (κ2) is 4.16. The number of benzene rings is 1. The van der Waals surface area contributed by atoms with Gasteiger partial charge < -0.3 is 4.74 Å². The molecular weight excluding hydrogens is 243 g/mol. The summed E-state index contributed by atoms with van der Waals surface area (Å²) in [4.78, 5) is 0. The van der Waals surface area contributed by atoms with Crippen molar-refractivity contribution >= 4 is 0 Å². The Balaban J connectivity index is 3.42. The van der Waals surface area contributed by atoms with E-state index in [2.05, 4.69) is 4.74 Å². The Labute approximate surface area is 95.2 Å². The zero-order valence-corrected chi connectivity index (χ0v) is 9.45. The smallest absolute Gasteiger partial charge is 0.398 e. The van der Waals surface area contributed by atoms with Crippen LogP contribution in [0, 0.1) is 11.6 Å². The lowest BCUT2D eigenvalue weighted by Crippen LogP contribution is -2.38. The number of methoxy groups -OCH3 is 1.